The average molecular weight is 464 g/mol. The van der Waals surface area contributed by atoms with Gasteiger partial charge >= 0.3 is 0 Å². The van der Waals surface area contributed by atoms with Crippen LogP contribution in [0, 0.1) is 5.82 Å². The Morgan fingerprint density at radius 2 is 1.61 bits per heavy atom. The molecule has 3 aromatic carbocycles. The van der Waals surface area contributed by atoms with E-state index in [0.29, 0.717) is 0 Å². The maximum atomic E-state index is 13.0. The second kappa shape index (κ2) is 8.53. The van der Waals surface area contributed by atoms with E-state index in [1.807, 2.05) is 29.0 Å². The van der Waals surface area contributed by atoms with E-state index in [0.717, 1.165) is 34.3 Å². The zero-order valence-corrected chi connectivity index (χ0v) is 16.8. The van der Waals surface area contributed by atoms with Gasteiger partial charge < -0.3 is 4.74 Å². The summed E-state index contributed by atoms with van der Waals surface area (Å²) in [6, 6.07) is 18.0. The summed E-state index contributed by atoms with van der Waals surface area (Å²) in [5.41, 5.74) is 0.961. The van der Waals surface area contributed by atoms with Crippen molar-refractivity contribution < 1.29 is 22.3 Å². The van der Waals surface area contributed by atoms with Crippen LogP contribution in [0.1, 0.15) is 15.9 Å². The fourth-order valence-corrected chi connectivity index (χ4v) is 3.60. The summed E-state index contributed by atoms with van der Waals surface area (Å²) < 4.78 is 46.3. The molecule has 0 radical (unpaired) electrons. The van der Waals surface area contributed by atoms with Crippen LogP contribution in [0.15, 0.2) is 82.2 Å². The lowest BCUT2D eigenvalue weighted by atomic mass is 10.2. The van der Waals surface area contributed by atoms with Crippen LogP contribution in [0.4, 0.5) is 4.39 Å². The number of carbonyl (C=O) groups excluding carboxylic acids is 1. The van der Waals surface area contributed by atoms with Crippen LogP contribution in [0.5, 0.6) is 5.75 Å². The molecule has 0 saturated carbocycles. The summed E-state index contributed by atoms with van der Waals surface area (Å²) in [6.07, 6.45) is 0. The lowest BCUT2D eigenvalue weighted by Crippen LogP contribution is -2.30. The Morgan fingerprint density at radius 3 is 2.29 bits per heavy atom. The van der Waals surface area contributed by atoms with Gasteiger partial charge in [0.1, 0.15) is 18.2 Å². The van der Waals surface area contributed by atoms with Gasteiger partial charge in [-0.3, -0.25) is 4.79 Å². The number of rotatable bonds is 6. The molecule has 3 aromatic rings. The maximum Gasteiger partial charge on any atom is 0.268 e. The van der Waals surface area contributed by atoms with Gasteiger partial charge in [0.05, 0.1) is 10.5 Å². The molecule has 0 aliphatic heterocycles. The molecular formula is C20H15BrFNO4S. The predicted octanol–water partition coefficient (Wildman–Crippen LogP) is 4.29. The number of nitrogens with one attached hydrogen (secondary N) is 1. The highest BCUT2D eigenvalue weighted by Gasteiger charge is 2.21. The molecule has 5 nitrogen and oxygen atoms in total. The summed E-state index contributed by atoms with van der Waals surface area (Å²) in [5.74, 6) is -1.16. The van der Waals surface area contributed by atoms with Crippen LogP contribution < -0.4 is 9.46 Å². The van der Waals surface area contributed by atoms with Crippen molar-refractivity contribution in [1.82, 2.24) is 4.72 Å². The molecule has 3 rings (SSSR count). The van der Waals surface area contributed by atoms with E-state index in [4.69, 9.17) is 4.74 Å². The van der Waals surface area contributed by atoms with E-state index in [9.17, 15) is 17.6 Å². The van der Waals surface area contributed by atoms with Crippen LogP contribution in [0.25, 0.3) is 0 Å². The third kappa shape index (κ3) is 4.96. The Bertz CT molecular complexity index is 1080. The van der Waals surface area contributed by atoms with Gasteiger partial charge in [-0.2, -0.15) is 0 Å². The number of para-hydroxylation sites is 1. The van der Waals surface area contributed by atoms with Gasteiger partial charge in [-0.1, -0.05) is 40.2 Å². The van der Waals surface area contributed by atoms with Crippen LogP contribution in [0.3, 0.4) is 0 Å². The summed E-state index contributed by atoms with van der Waals surface area (Å²) in [5, 5.41) is 0. The normalized spacial score (nSPS) is 11.1. The quantitative estimate of drug-likeness (QED) is 0.591. The molecular weight excluding hydrogens is 449 g/mol. The molecule has 0 saturated heterocycles. The smallest absolute Gasteiger partial charge is 0.268 e. The topological polar surface area (TPSA) is 72.5 Å². The molecule has 0 fully saturated rings. The molecule has 28 heavy (non-hydrogen) atoms. The van der Waals surface area contributed by atoms with Crippen LogP contribution >= 0.6 is 15.9 Å². The first kappa shape index (κ1) is 20.0. The predicted molar refractivity (Wildman–Crippen MR) is 106 cm³/mol. The average Bonchev–Trinajstić information content (AvgIpc) is 2.68. The molecule has 0 bridgehead atoms. The molecule has 144 valence electrons. The van der Waals surface area contributed by atoms with Crippen LogP contribution in [-0.2, 0) is 16.6 Å². The van der Waals surface area contributed by atoms with Crippen molar-refractivity contribution in [2.24, 2.45) is 0 Å². The molecule has 0 aliphatic rings. The van der Waals surface area contributed by atoms with Crippen molar-refractivity contribution >= 4 is 31.9 Å². The van der Waals surface area contributed by atoms with Crippen molar-refractivity contribution in [2.75, 3.05) is 0 Å². The second-order valence-electron chi connectivity index (χ2n) is 5.80. The Kier molecular flexibility index (Phi) is 6.11. The van der Waals surface area contributed by atoms with E-state index in [-0.39, 0.29) is 22.8 Å². The first-order valence-electron chi connectivity index (χ1n) is 8.14. The third-order valence-corrected chi connectivity index (χ3v) is 5.67. The molecule has 1 amide bonds. The molecule has 0 aliphatic carbocycles. The van der Waals surface area contributed by atoms with Gasteiger partial charge in [-0.25, -0.2) is 17.5 Å². The molecule has 0 spiro atoms. The third-order valence-electron chi connectivity index (χ3n) is 3.79. The molecule has 0 atom stereocenters. The lowest BCUT2D eigenvalue weighted by Gasteiger charge is -2.12. The summed E-state index contributed by atoms with van der Waals surface area (Å²) in [6.45, 7) is 0.211. The van der Waals surface area contributed by atoms with Crippen molar-refractivity contribution in [2.45, 2.75) is 11.5 Å². The van der Waals surface area contributed by atoms with Gasteiger partial charge in [0, 0.05) is 4.47 Å². The van der Waals surface area contributed by atoms with Crippen molar-refractivity contribution in [1.29, 1.82) is 0 Å². The summed E-state index contributed by atoms with van der Waals surface area (Å²) in [4.78, 5) is 12.3. The van der Waals surface area contributed by atoms with Crippen molar-refractivity contribution in [3.05, 3.63) is 94.2 Å². The highest BCUT2D eigenvalue weighted by molar-refractivity contribution is 9.10. The largest absolute Gasteiger partial charge is 0.488 e. The fourth-order valence-electron chi connectivity index (χ4n) is 2.37. The van der Waals surface area contributed by atoms with E-state index < -0.39 is 21.7 Å². The molecule has 0 aromatic heterocycles. The second-order valence-corrected chi connectivity index (χ2v) is 8.40. The van der Waals surface area contributed by atoms with Crippen LogP contribution in [0.2, 0.25) is 0 Å². The van der Waals surface area contributed by atoms with E-state index in [1.54, 1.807) is 18.2 Å². The number of hydrogen-bond donors (Lipinski definition) is 1. The number of benzene rings is 3. The summed E-state index contributed by atoms with van der Waals surface area (Å²) in [7, 11) is -4.14. The Labute approximate surface area is 170 Å². The van der Waals surface area contributed by atoms with Crippen molar-refractivity contribution in [3.8, 4) is 5.75 Å². The number of carbonyl (C=O) groups is 1. The van der Waals surface area contributed by atoms with E-state index in [1.165, 1.54) is 6.07 Å². The standard InChI is InChI=1S/C20H15BrFNO4S/c21-15-7-5-14(6-8-15)13-27-19-4-2-1-3-18(19)20(24)23-28(25,26)17-11-9-16(22)10-12-17/h1-12H,13H2,(H,23,24). The maximum absolute atomic E-state index is 13.0. The van der Waals surface area contributed by atoms with Crippen molar-refractivity contribution in [3.63, 3.8) is 0 Å². The minimum Gasteiger partial charge on any atom is -0.488 e. The molecule has 0 heterocycles. The lowest BCUT2D eigenvalue weighted by molar-refractivity contribution is 0.0977. The minimum atomic E-state index is -4.14. The van der Waals surface area contributed by atoms with Gasteiger partial charge in [0.2, 0.25) is 0 Å². The fraction of sp³-hybridized carbons (Fsp3) is 0.0500. The zero-order valence-electron chi connectivity index (χ0n) is 14.4. The van der Waals surface area contributed by atoms with Gasteiger partial charge in [-0.05, 0) is 54.1 Å². The Morgan fingerprint density at radius 1 is 0.964 bits per heavy atom. The SMILES string of the molecule is O=C(NS(=O)(=O)c1ccc(F)cc1)c1ccccc1OCc1ccc(Br)cc1. The Balaban J connectivity index is 1.76. The number of ether oxygens (including phenoxy) is 1. The monoisotopic (exact) mass is 463 g/mol. The molecule has 1 N–H and O–H groups in total. The van der Waals surface area contributed by atoms with E-state index >= 15 is 0 Å². The van der Waals surface area contributed by atoms with Gasteiger partial charge in [0.25, 0.3) is 15.9 Å². The minimum absolute atomic E-state index is 0.0744. The first-order valence-corrected chi connectivity index (χ1v) is 10.4. The number of sulfonamides is 1. The van der Waals surface area contributed by atoms with Gasteiger partial charge in [0.15, 0.2) is 0 Å². The highest BCUT2D eigenvalue weighted by atomic mass is 79.9. The number of amides is 1. The molecule has 0 unspecified atom stereocenters. The number of halogens is 2. The number of hydrogen-bond acceptors (Lipinski definition) is 4. The first-order chi connectivity index (χ1) is 13.3. The summed E-state index contributed by atoms with van der Waals surface area (Å²) >= 11 is 3.35. The van der Waals surface area contributed by atoms with Gasteiger partial charge in [-0.15, -0.1) is 0 Å². The van der Waals surface area contributed by atoms with E-state index in [2.05, 4.69) is 15.9 Å². The Hall–Kier alpha value is -2.71. The zero-order chi connectivity index (χ0) is 20.1. The highest BCUT2D eigenvalue weighted by Crippen LogP contribution is 2.21. The van der Waals surface area contributed by atoms with Crippen LogP contribution in [-0.4, -0.2) is 14.3 Å². The molecule has 8 heteroatoms.